The van der Waals surface area contributed by atoms with E-state index in [4.69, 9.17) is 10.2 Å². The lowest BCUT2D eigenvalue weighted by Crippen LogP contribution is -3.00. The second kappa shape index (κ2) is 8.64. The molecular formula is C13H22BrNO2. The first-order valence-corrected chi connectivity index (χ1v) is 5.87. The van der Waals surface area contributed by atoms with E-state index >= 15 is 0 Å². The number of halogens is 1. The van der Waals surface area contributed by atoms with Crippen molar-refractivity contribution in [2.45, 2.75) is 13.5 Å². The summed E-state index contributed by atoms with van der Waals surface area (Å²) in [7, 11) is 0. The van der Waals surface area contributed by atoms with Crippen molar-refractivity contribution in [3.8, 4) is 0 Å². The molecular weight excluding hydrogens is 282 g/mol. The number of hydrogen-bond acceptors (Lipinski definition) is 2. The van der Waals surface area contributed by atoms with E-state index in [2.05, 4.69) is 19.1 Å². The van der Waals surface area contributed by atoms with Crippen LogP contribution in [0.1, 0.15) is 12.5 Å². The molecule has 0 aliphatic heterocycles. The highest BCUT2D eigenvalue weighted by molar-refractivity contribution is 5.13. The molecule has 0 heterocycles. The Hall–Kier alpha value is -0.420. The number of quaternary nitrogens is 1. The Labute approximate surface area is 114 Å². The average molecular weight is 304 g/mol. The molecule has 98 valence electrons. The molecule has 0 amide bonds. The van der Waals surface area contributed by atoms with Crippen LogP contribution >= 0.6 is 0 Å². The third-order valence-corrected chi connectivity index (χ3v) is 3.18. The van der Waals surface area contributed by atoms with Crippen molar-refractivity contribution in [2.75, 3.05) is 32.8 Å². The van der Waals surface area contributed by atoms with E-state index in [-0.39, 0.29) is 30.2 Å². The van der Waals surface area contributed by atoms with Crippen LogP contribution in [0.15, 0.2) is 30.3 Å². The van der Waals surface area contributed by atoms with Crippen LogP contribution in [0, 0.1) is 0 Å². The van der Waals surface area contributed by atoms with E-state index in [9.17, 15) is 0 Å². The topological polar surface area (TPSA) is 40.5 Å². The number of rotatable bonds is 7. The summed E-state index contributed by atoms with van der Waals surface area (Å²) in [6.07, 6.45) is 0. The van der Waals surface area contributed by atoms with Gasteiger partial charge in [0, 0.05) is 5.56 Å². The average Bonchev–Trinajstić information content (AvgIpc) is 2.31. The smallest absolute Gasteiger partial charge is 0.104 e. The predicted molar refractivity (Wildman–Crippen MR) is 64.9 cm³/mol. The van der Waals surface area contributed by atoms with Gasteiger partial charge >= 0.3 is 0 Å². The minimum Gasteiger partial charge on any atom is -1.00 e. The highest BCUT2D eigenvalue weighted by Gasteiger charge is 2.24. The molecule has 0 aromatic heterocycles. The van der Waals surface area contributed by atoms with Crippen LogP contribution in [-0.4, -0.2) is 47.5 Å². The standard InChI is InChI=1S/C13H22NO2.BrH/c1-2-14(8-10-15,9-11-16)12-13-6-4-3-5-7-13;/h3-7,15-16H,2,8-12H2,1H3;1H/q+1;/p-1. The lowest BCUT2D eigenvalue weighted by Gasteiger charge is -2.37. The van der Waals surface area contributed by atoms with E-state index in [1.807, 2.05) is 18.2 Å². The molecule has 0 aliphatic carbocycles. The normalized spacial score (nSPS) is 11.0. The SMILES string of the molecule is CC[N+](CCO)(CCO)Cc1ccccc1.[Br-]. The van der Waals surface area contributed by atoms with Gasteiger partial charge in [-0.3, -0.25) is 0 Å². The van der Waals surface area contributed by atoms with Gasteiger partial charge in [0.05, 0.1) is 19.8 Å². The van der Waals surface area contributed by atoms with Crippen LogP contribution < -0.4 is 17.0 Å². The van der Waals surface area contributed by atoms with Gasteiger partial charge in [0.15, 0.2) is 0 Å². The van der Waals surface area contributed by atoms with Gasteiger partial charge in [-0.05, 0) is 6.92 Å². The van der Waals surface area contributed by atoms with Crippen molar-refractivity contribution >= 4 is 0 Å². The lowest BCUT2D eigenvalue weighted by molar-refractivity contribution is -0.939. The van der Waals surface area contributed by atoms with Crippen molar-refractivity contribution < 1.29 is 31.7 Å². The van der Waals surface area contributed by atoms with Crippen molar-refractivity contribution in [1.82, 2.24) is 0 Å². The molecule has 0 bridgehead atoms. The van der Waals surface area contributed by atoms with E-state index in [0.717, 1.165) is 17.6 Å². The van der Waals surface area contributed by atoms with Gasteiger partial charge in [-0.15, -0.1) is 0 Å². The molecule has 0 fully saturated rings. The van der Waals surface area contributed by atoms with Crippen LogP contribution in [0.5, 0.6) is 0 Å². The van der Waals surface area contributed by atoms with Crippen LogP contribution in [0.3, 0.4) is 0 Å². The molecule has 0 radical (unpaired) electrons. The Kier molecular flexibility index (Phi) is 8.43. The molecule has 1 aromatic carbocycles. The van der Waals surface area contributed by atoms with E-state index < -0.39 is 0 Å². The Bertz CT molecular complexity index is 287. The number of nitrogens with zero attached hydrogens (tertiary/aromatic N) is 1. The maximum Gasteiger partial charge on any atom is 0.104 e. The molecule has 0 aliphatic rings. The van der Waals surface area contributed by atoms with Gasteiger partial charge in [-0.1, -0.05) is 30.3 Å². The zero-order valence-electron chi connectivity index (χ0n) is 10.3. The summed E-state index contributed by atoms with van der Waals surface area (Å²) in [5.41, 5.74) is 1.26. The zero-order valence-corrected chi connectivity index (χ0v) is 11.9. The number of likely N-dealkylation sites (N-methyl/N-ethyl adjacent to an activating group) is 1. The molecule has 3 nitrogen and oxygen atoms in total. The molecule has 4 heteroatoms. The summed E-state index contributed by atoms with van der Waals surface area (Å²) in [6, 6.07) is 10.2. The highest BCUT2D eigenvalue weighted by Crippen LogP contribution is 2.13. The number of benzene rings is 1. The van der Waals surface area contributed by atoms with Crippen LogP contribution in [-0.2, 0) is 6.54 Å². The summed E-state index contributed by atoms with van der Waals surface area (Å²) in [6.45, 7) is 5.64. The van der Waals surface area contributed by atoms with Gasteiger partial charge in [0.25, 0.3) is 0 Å². The third-order valence-electron chi connectivity index (χ3n) is 3.18. The largest absolute Gasteiger partial charge is 1.00 e. The van der Waals surface area contributed by atoms with Crippen molar-refractivity contribution in [1.29, 1.82) is 0 Å². The lowest BCUT2D eigenvalue weighted by atomic mass is 10.1. The van der Waals surface area contributed by atoms with Gasteiger partial charge in [0.1, 0.15) is 19.6 Å². The molecule has 0 saturated carbocycles. The molecule has 1 aromatic rings. The fourth-order valence-electron chi connectivity index (χ4n) is 2.09. The van der Waals surface area contributed by atoms with Gasteiger partial charge in [-0.2, -0.15) is 0 Å². The Morgan fingerprint density at radius 2 is 1.53 bits per heavy atom. The summed E-state index contributed by atoms with van der Waals surface area (Å²) in [4.78, 5) is 0. The summed E-state index contributed by atoms with van der Waals surface area (Å²) in [5, 5.41) is 18.3. The zero-order chi connectivity index (χ0) is 11.9. The molecule has 0 atom stereocenters. The molecule has 2 N–H and O–H groups in total. The quantitative estimate of drug-likeness (QED) is 0.573. The molecule has 17 heavy (non-hydrogen) atoms. The van der Waals surface area contributed by atoms with Gasteiger partial charge in [0.2, 0.25) is 0 Å². The Balaban J connectivity index is 0.00000256. The number of hydrogen-bond donors (Lipinski definition) is 2. The molecule has 0 unspecified atom stereocenters. The fourth-order valence-corrected chi connectivity index (χ4v) is 2.09. The first kappa shape index (κ1) is 16.6. The van der Waals surface area contributed by atoms with Gasteiger partial charge < -0.3 is 31.7 Å². The minimum atomic E-state index is 0. The summed E-state index contributed by atoms with van der Waals surface area (Å²) >= 11 is 0. The second-order valence-electron chi connectivity index (χ2n) is 4.20. The number of aliphatic hydroxyl groups excluding tert-OH is 2. The van der Waals surface area contributed by atoms with Crippen LogP contribution in [0.25, 0.3) is 0 Å². The monoisotopic (exact) mass is 303 g/mol. The second-order valence-corrected chi connectivity index (χ2v) is 4.20. The van der Waals surface area contributed by atoms with E-state index in [0.29, 0.717) is 13.1 Å². The van der Waals surface area contributed by atoms with Crippen LogP contribution in [0.4, 0.5) is 0 Å². The van der Waals surface area contributed by atoms with Crippen LogP contribution in [0.2, 0.25) is 0 Å². The summed E-state index contributed by atoms with van der Waals surface area (Å²) < 4.78 is 0.747. The molecule has 0 spiro atoms. The Morgan fingerprint density at radius 3 is 1.94 bits per heavy atom. The fraction of sp³-hybridized carbons (Fsp3) is 0.538. The maximum absolute atomic E-state index is 9.14. The predicted octanol–water partition coefficient (Wildman–Crippen LogP) is -1.99. The van der Waals surface area contributed by atoms with E-state index in [1.165, 1.54) is 5.56 Å². The number of aliphatic hydroxyl groups is 2. The Morgan fingerprint density at radius 1 is 1.00 bits per heavy atom. The summed E-state index contributed by atoms with van der Waals surface area (Å²) in [5.74, 6) is 0. The third kappa shape index (κ3) is 5.17. The maximum atomic E-state index is 9.14. The van der Waals surface area contributed by atoms with Crippen molar-refractivity contribution in [3.63, 3.8) is 0 Å². The van der Waals surface area contributed by atoms with E-state index in [1.54, 1.807) is 0 Å². The molecule has 0 saturated heterocycles. The first-order chi connectivity index (χ1) is 7.76. The molecule has 1 rings (SSSR count). The first-order valence-electron chi connectivity index (χ1n) is 5.87. The van der Waals surface area contributed by atoms with Gasteiger partial charge in [-0.25, -0.2) is 0 Å². The highest BCUT2D eigenvalue weighted by atomic mass is 79.9. The minimum absolute atomic E-state index is 0. The van der Waals surface area contributed by atoms with Crippen molar-refractivity contribution in [3.05, 3.63) is 35.9 Å². The van der Waals surface area contributed by atoms with Crippen molar-refractivity contribution in [2.24, 2.45) is 0 Å².